The highest BCUT2D eigenvalue weighted by atomic mass is 16.6. The monoisotopic (exact) mass is 455 g/mol. The summed E-state index contributed by atoms with van der Waals surface area (Å²) in [5.74, 6) is -1.64. The average Bonchev–Trinajstić information content (AvgIpc) is 3.21. The van der Waals surface area contributed by atoms with E-state index in [9.17, 15) is 14.4 Å². The van der Waals surface area contributed by atoms with Crippen molar-refractivity contribution in [2.45, 2.75) is 31.6 Å². The number of nitrogens with one attached hydrogen (secondary N) is 1. The molecule has 6 nitrogen and oxygen atoms in total. The molecule has 0 bridgehead atoms. The van der Waals surface area contributed by atoms with Crippen LogP contribution in [0.5, 0.6) is 0 Å². The largest absolute Gasteiger partial charge is 0.459 e. The Morgan fingerprint density at radius 3 is 2.18 bits per heavy atom. The van der Waals surface area contributed by atoms with Crippen LogP contribution in [0.25, 0.3) is 6.08 Å². The predicted octanol–water partition coefficient (Wildman–Crippen LogP) is 4.32. The lowest BCUT2D eigenvalue weighted by Crippen LogP contribution is -2.58. The summed E-state index contributed by atoms with van der Waals surface area (Å²) >= 11 is 0. The fourth-order valence-electron chi connectivity index (χ4n) is 3.86. The fourth-order valence-corrected chi connectivity index (χ4v) is 3.86. The van der Waals surface area contributed by atoms with Crippen LogP contribution in [0.2, 0.25) is 0 Å². The van der Waals surface area contributed by atoms with Crippen molar-refractivity contribution in [3.05, 3.63) is 113 Å². The van der Waals surface area contributed by atoms with Crippen LogP contribution in [0.1, 0.15) is 34.8 Å². The quantitative estimate of drug-likeness (QED) is 0.424. The zero-order valence-corrected chi connectivity index (χ0v) is 18.8. The minimum atomic E-state index is -1.54. The van der Waals surface area contributed by atoms with Crippen molar-refractivity contribution in [3.8, 4) is 0 Å². The highest BCUT2D eigenvalue weighted by Crippen LogP contribution is 2.33. The van der Waals surface area contributed by atoms with Crippen molar-refractivity contribution in [2.24, 2.45) is 0 Å². The first-order valence-corrected chi connectivity index (χ1v) is 11.0. The Morgan fingerprint density at radius 1 is 0.941 bits per heavy atom. The number of ether oxygens (including phenoxy) is 2. The van der Waals surface area contributed by atoms with Crippen LogP contribution >= 0.6 is 0 Å². The van der Waals surface area contributed by atoms with Crippen molar-refractivity contribution in [2.75, 3.05) is 0 Å². The van der Waals surface area contributed by atoms with Crippen LogP contribution < -0.4 is 5.32 Å². The van der Waals surface area contributed by atoms with Gasteiger partial charge in [0, 0.05) is 12.0 Å². The Hall–Kier alpha value is -4.19. The highest BCUT2D eigenvalue weighted by Gasteiger charge is 2.54. The molecule has 6 heteroatoms. The van der Waals surface area contributed by atoms with Gasteiger partial charge >= 0.3 is 11.9 Å². The van der Waals surface area contributed by atoms with Gasteiger partial charge in [-0.3, -0.25) is 4.79 Å². The SMILES string of the molecule is C[C@@H](OC(=O)c1ccccc1)[C@@]1(C(=O)OCc2ccccc2)C/C(=C\c2ccccc2)C(=O)N1. The molecule has 1 fully saturated rings. The van der Waals surface area contributed by atoms with E-state index in [1.807, 2.05) is 60.7 Å². The topological polar surface area (TPSA) is 81.7 Å². The molecule has 3 aromatic rings. The van der Waals surface area contributed by atoms with E-state index in [-0.39, 0.29) is 13.0 Å². The van der Waals surface area contributed by atoms with Gasteiger partial charge in [0.05, 0.1) is 5.56 Å². The summed E-state index contributed by atoms with van der Waals surface area (Å²) < 4.78 is 11.3. The maximum Gasteiger partial charge on any atom is 0.338 e. The fraction of sp³-hybridized carbons (Fsp3) is 0.179. The summed E-state index contributed by atoms with van der Waals surface area (Å²) in [5, 5.41) is 2.77. The first kappa shape index (κ1) is 23.0. The molecule has 1 N–H and O–H groups in total. The van der Waals surface area contributed by atoms with E-state index in [2.05, 4.69) is 5.32 Å². The molecule has 3 aromatic carbocycles. The number of benzene rings is 3. The van der Waals surface area contributed by atoms with E-state index in [0.29, 0.717) is 11.1 Å². The number of rotatable bonds is 7. The van der Waals surface area contributed by atoms with Crippen molar-refractivity contribution >= 4 is 23.9 Å². The van der Waals surface area contributed by atoms with Crippen LogP contribution in [-0.4, -0.2) is 29.5 Å². The molecule has 172 valence electrons. The number of hydrogen-bond acceptors (Lipinski definition) is 5. The Labute approximate surface area is 198 Å². The van der Waals surface area contributed by atoms with Crippen molar-refractivity contribution < 1.29 is 23.9 Å². The zero-order valence-electron chi connectivity index (χ0n) is 18.8. The summed E-state index contributed by atoms with van der Waals surface area (Å²) in [6.45, 7) is 1.63. The summed E-state index contributed by atoms with van der Waals surface area (Å²) in [7, 11) is 0. The molecular weight excluding hydrogens is 430 g/mol. The molecule has 2 atom stereocenters. The Bertz CT molecular complexity index is 1190. The lowest BCUT2D eigenvalue weighted by atomic mass is 9.89. The molecule has 1 amide bonds. The molecule has 4 rings (SSSR count). The van der Waals surface area contributed by atoms with E-state index in [4.69, 9.17) is 9.47 Å². The van der Waals surface area contributed by atoms with Gasteiger partial charge in [0.25, 0.3) is 0 Å². The van der Waals surface area contributed by atoms with Gasteiger partial charge in [-0.25, -0.2) is 9.59 Å². The summed E-state index contributed by atoms with van der Waals surface area (Å²) in [5.41, 5.74) is 0.855. The third-order valence-electron chi connectivity index (χ3n) is 5.80. The smallest absolute Gasteiger partial charge is 0.338 e. The molecular formula is C28H25NO5. The second kappa shape index (κ2) is 10.2. The van der Waals surface area contributed by atoms with Gasteiger partial charge in [0.2, 0.25) is 5.91 Å². The van der Waals surface area contributed by atoms with Gasteiger partial charge in [-0.15, -0.1) is 0 Å². The minimum Gasteiger partial charge on any atom is -0.459 e. The van der Waals surface area contributed by atoms with E-state index in [1.165, 1.54) is 0 Å². The van der Waals surface area contributed by atoms with Gasteiger partial charge in [0.1, 0.15) is 12.7 Å². The summed E-state index contributed by atoms with van der Waals surface area (Å²) in [4.78, 5) is 39.0. The molecule has 0 aromatic heterocycles. The normalized spacial score (nSPS) is 19.3. The van der Waals surface area contributed by atoms with Crippen molar-refractivity contribution in [1.29, 1.82) is 0 Å². The van der Waals surface area contributed by atoms with Crippen LogP contribution in [0, 0.1) is 0 Å². The predicted molar refractivity (Wildman–Crippen MR) is 127 cm³/mol. The first-order chi connectivity index (χ1) is 16.5. The van der Waals surface area contributed by atoms with E-state index < -0.39 is 29.5 Å². The number of carbonyl (C=O) groups excluding carboxylic acids is 3. The lowest BCUT2D eigenvalue weighted by Gasteiger charge is -2.32. The van der Waals surface area contributed by atoms with Gasteiger partial charge < -0.3 is 14.8 Å². The molecule has 1 saturated heterocycles. The van der Waals surface area contributed by atoms with Gasteiger partial charge in [-0.1, -0.05) is 78.9 Å². The third kappa shape index (κ3) is 5.07. The number of carbonyl (C=O) groups is 3. The molecule has 1 aliphatic heterocycles. The van der Waals surface area contributed by atoms with Gasteiger partial charge in [-0.05, 0) is 36.3 Å². The van der Waals surface area contributed by atoms with E-state index in [0.717, 1.165) is 11.1 Å². The zero-order chi connectivity index (χ0) is 24.0. The molecule has 0 unspecified atom stereocenters. The molecule has 0 aliphatic carbocycles. The Kier molecular flexibility index (Phi) is 6.87. The molecule has 34 heavy (non-hydrogen) atoms. The standard InChI is InChI=1S/C28H25NO5/c1-20(34-26(31)23-15-9-4-10-16-23)28(27(32)33-19-22-13-7-3-8-14-22)18-24(25(30)29-28)17-21-11-5-2-6-12-21/h2-17,20H,18-19H2,1H3,(H,29,30)/b24-17+/t20-,28-/m1/s1. The van der Waals surface area contributed by atoms with Crippen LogP contribution in [0.3, 0.4) is 0 Å². The molecule has 1 heterocycles. The number of esters is 2. The summed E-state index contributed by atoms with van der Waals surface area (Å²) in [6, 6.07) is 27.1. The number of amides is 1. The van der Waals surface area contributed by atoms with Gasteiger partial charge in [-0.2, -0.15) is 0 Å². The lowest BCUT2D eigenvalue weighted by molar-refractivity contribution is -0.158. The van der Waals surface area contributed by atoms with Crippen molar-refractivity contribution in [3.63, 3.8) is 0 Å². The second-order valence-electron chi connectivity index (χ2n) is 8.16. The molecule has 0 spiro atoms. The van der Waals surface area contributed by atoms with Crippen LogP contribution in [0.15, 0.2) is 96.6 Å². The molecule has 0 saturated carbocycles. The minimum absolute atomic E-state index is 0.0254. The molecule has 0 radical (unpaired) electrons. The van der Waals surface area contributed by atoms with Crippen LogP contribution in [-0.2, 0) is 25.7 Å². The molecule has 1 aliphatic rings. The van der Waals surface area contributed by atoms with Crippen LogP contribution in [0.4, 0.5) is 0 Å². The number of hydrogen-bond donors (Lipinski definition) is 1. The maximum absolute atomic E-state index is 13.4. The summed E-state index contributed by atoms with van der Waals surface area (Å²) in [6.07, 6.45) is 0.777. The van der Waals surface area contributed by atoms with Gasteiger partial charge in [0.15, 0.2) is 5.54 Å². The maximum atomic E-state index is 13.4. The van der Waals surface area contributed by atoms with E-state index >= 15 is 0 Å². The Morgan fingerprint density at radius 2 is 1.53 bits per heavy atom. The average molecular weight is 456 g/mol. The third-order valence-corrected chi connectivity index (χ3v) is 5.80. The second-order valence-corrected chi connectivity index (χ2v) is 8.16. The van der Waals surface area contributed by atoms with Crippen molar-refractivity contribution in [1.82, 2.24) is 5.32 Å². The first-order valence-electron chi connectivity index (χ1n) is 11.0. The Balaban J connectivity index is 1.60. The van der Waals surface area contributed by atoms with E-state index in [1.54, 1.807) is 43.3 Å². The highest BCUT2D eigenvalue weighted by molar-refractivity contribution is 6.06.